The van der Waals surface area contributed by atoms with E-state index >= 15 is 0 Å². The predicted molar refractivity (Wildman–Crippen MR) is 80.2 cm³/mol. The molecule has 0 aromatic rings. The highest BCUT2D eigenvalue weighted by Crippen LogP contribution is 2.27. The molecule has 0 aliphatic carbocycles. The highest BCUT2D eigenvalue weighted by atomic mass is 16.6. The summed E-state index contributed by atoms with van der Waals surface area (Å²) < 4.78 is 10.8. The van der Waals surface area contributed by atoms with Gasteiger partial charge in [-0.2, -0.15) is 0 Å². The fourth-order valence-electron chi connectivity index (χ4n) is 2.08. The molecule has 0 saturated carbocycles. The molecular weight excluding hydrogens is 272 g/mol. The number of nitrogens with one attached hydrogen (secondary N) is 1. The number of piperidine rings is 1. The molecule has 1 rings (SSSR count). The third-order valence-corrected chi connectivity index (χ3v) is 3.22. The maximum absolute atomic E-state index is 12.0. The van der Waals surface area contributed by atoms with Crippen LogP contribution < -0.4 is 5.32 Å². The SMILES string of the molecule is CC(C)NC(=O)OC1(C)CCN(C(=O)OC(C)(C)C)CC1. The van der Waals surface area contributed by atoms with Gasteiger partial charge in [-0.15, -0.1) is 0 Å². The van der Waals surface area contributed by atoms with E-state index in [1.165, 1.54) is 0 Å². The van der Waals surface area contributed by atoms with Crippen molar-refractivity contribution in [1.29, 1.82) is 0 Å². The quantitative estimate of drug-likeness (QED) is 0.851. The molecular formula is C15H28N2O4. The molecule has 0 bridgehead atoms. The molecule has 21 heavy (non-hydrogen) atoms. The Kier molecular flexibility index (Phi) is 5.48. The van der Waals surface area contributed by atoms with Crippen LogP contribution in [-0.4, -0.2) is 47.4 Å². The smallest absolute Gasteiger partial charge is 0.410 e. The number of carbonyl (C=O) groups is 2. The number of hydrogen-bond donors (Lipinski definition) is 1. The van der Waals surface area contributed by atoms with E-state index < -0.39 is 17.3 Å². The van der Waals surface area contributed by atoms with Crippen molar-refractivity contribution in [2.45, 2.75) is 71.6 Å². The molecule has 1 aliphatic rings. The molecule has 1 saturated heterocycles. The largest absolute Gasteiger partial charge is 0.444 e. The molecule has 1 fully saturated rings. The van der Waals surface area contributed by atoms with Crippen LogP contribution in [0.2, 0.25) is 0 Å². The van der Waals surface area contributed by atoms with Crippen molar-refractivity contribution in [3.8, 4) is 0 Å². The molecule has 1 aliphatic heterocycles. The van der Waals surface area contributed by atoms with Crippen molar-refractivity contribution in [3.63, 3.8) is 0 Å². The number of likely N-dealkylation sites (tertiary alicyclic amines) is 1. The minimum atomic E-state index is -0.530. The monoisotopic (exact) mass is 300 g/mol. The summed E-state index contributed by atoms with van der Waals surface area (Å²) in [6, 6.07) is 0.0444. The van der Waals surface area contributed by atoms with Crippen LogP contribution in [0.15, 0.2) is 0 Å². The van der Waals surface area contributed by atoms with Crippen LogP contribution >= 0.6 is 0 Å². The minimum Gasteiger partial charge on any atom is -0.444 e. The lowest BCUT2D eigenvalue weighted by Crippen LogP contribution is -2.49. The van der Waals surface area contributed by atoms with E-state index in [4.69, 9.17) is 9.47 Å². The van der Waals surface area contributed by atoms with Crippen molar-refractivity contribution in [3.05, 3.63) is 0 Å². The highest BCUT2D eigenvalue weighted by molar-refractivity contribution is 5.69. The molecule has 0 aromatic heterocycles. The highest BCUT2D eigenvalue weighted by Gasteiger charge is 2.36. The lowest BCUT2D eigenvalue weighted by atomic mass is 9.93. The van der Waals surface area contributed by atoms with Gasteiger partial charge in [0.05, 0.1) is 0 Å². The summed E-state index contributed by atoms with van der Waals surface area (Å²) in [4.78, 5) is 25.3. The third-order valence-electron chi connectivity index (χ3n) is 3.22. The van der Waals surface area contributed by atoms with Gasteiger partial charge in [-0.25, -0.2) is 9.59 Å². The predicted octanol–water partition coefficient (Wildman–Crippen LogP) is 2.91. The Morgan fingerprint density at radius 3 is 2.14 bits per heavy atom. The molecule has 0 aromatic carbocycles. The standard InChI is InChI=1S/C15H28N2O4/c1-11(2)16-12(18)20-15(6)7-9-17(10-8-15)13(19)21-14(3,4)5/h11H,7-10H2,1-6H3,(H,16,18). The number of carbonyl (C=O) groups excluding carboxylic acids is 2. The summed E-state index contributed by atoms with van der Waals surface area (Å²) in [6.45, 7) is 12.3. The van der Waals surface area contributed by atoms with Crippen LogP contribution in [0.1, 0.15) is 54.4 Å². The topological polar surface area (TPSA) is 67.9 Å². The molecule has 0 spiro atoms. The fourth-order valence-corrected chi connectivity index (χ4v) is 2.08. The summed E-state index contributed by atoms with van der Waals surface area (Å²) in [7, 11) is 0. The third kappa shape index (κ3) is 6.23. The van der Waals surface area contributed by atoms with Gasteiger partial charge in [0, 0.05) is 32.0 Å². The van der Waals surface area contributed by atoms with Crippen molar-refractivity contribution in [1.82, 2.24) is 10.2 Å². The second-order valence-corrected chi connectivity index (χ2v) is 7.11. The van der Waals surface area contributed by atoms with Crippen LogP contribution in [0.25, 0.3) is 0 Å². The Hall–Kier alpha value is -1.46. The molecule has 1 heterocycles. The number of alkyl carbamates (subject to hydrolysis) is 1. The summed E-state index contributed by atoms with van der Waals surface area (Å²) >= 11 is 0. The van der Waals surface area contributed by atoms with Gasteiger partial charge in [-0.1, -0.05) is 0 Å². The number of hydrogen-bond acceptors (Lipinski definition) is 4. The maximum Gasteiger partial charge on any atom is 0.410 e. The molecule has 0 unspecified atom stereocenters. The molecule has 6 heteroatoms. The number of rotatable bonds is 2. The van der Waals surface area contributed by atoms with E-state index in [9.17, 15) is 9.59 Å². The van der Waals surface area contributed by atoms with E-state index in [0.29, 0.717) is 25.9 Å². The average Bonchev–Trinajstić information content (AvgIpc) is 2.25. The van der Waals surface area contributed by atoms with Gasteiger partial charge < -0.3 is 19.7 Å². The van der Waals surface area contributed by atoms with Crippen LogP contribution in [0.3, 0.4) is 0 Å². The zero-order valence-corrected chi connectivity index (χ0v) is 14.0. The Balaban J connectivity index is 2.47. The van der Waals surface area contributed by atoms with E-state index in [2.05, 4.69) is 5.32 Å². The summed E-state index contributed by atoms with van der Waals surface area (Å²) in [5, 5.41) is 2.71. The van der Waals surface area contributed by atoms with Gasteiger partial charge in [0.1, 0.15) is 11.2 Å². The van der Waals surface area contributed by atoms with E-state index in [1.54, 1.807) is 4.90 Å². The number of ether oxygens (including phenoxy) is 2. The number of nitrogens with zero attached hydrogens (tertiary/aromatic N) is 1. The van der Waals surface area contributed by atoms with Gasteiger partial charge in [0.15, 0.2) is 0 Å². The first-order chi connectivity index (χ1) is 9.51. The van der Waals surface area contributed by atoms with Crippen LogP contribution in [0.4, 0.5) is 9.59 Å². The molecule has 0 radical (unpaired) electrons. The van der Waals surface area contributed by atoms with Gasteiger partial charge >= 0.3 is 12.2 Å². The maximum atomic E-state index is 12.0. The van der Waals surface area contributed by atoms with Crippen LogP contribution in [-0.2, 0) is 9.47 Å². The Morgan fingerprint density at radius 1 is 1.19 bits per heavy atom. The van der Waals surface area contributed by atoms with Crippen molar-refractivity contribution >= 4 is 12.2 Å². The van der Waals surface area contributed by atoms with Gasteiger partial charge in [-0.3, -0.25) is 0 Å². The summed E-state index contributed by atoms with van der Waals surface area (Å²) in [5.41, 5.74) is -1.02. The zero-order valence-electron chi connectivity index (χ0n) is 14.0. The Morgan fingerprint density at radius 2 is 1.71 bits per heavy atom. The molecule has 122 valence electrons. The normalized spacial score (nSPS) is 18.3. The van der Waals surface area contributed by atoms with Gasteiger partial charge in [0.2, 0.25) is 0 Å². The van der Waals surface area contributed by atoms with E-state index in [1.807, 2.05) is 41.5 Å². The Labute approximate surface area is 127 Å². The summed E-state index contributed by atoms with van der Waals surface area (Å²) in [5.74, 6) is 0. The fraction of sp³-hybridized carbons (Fsp3) is 0.867. The van der Waals surface area contributed by atoms with Crippen LogP contribution in [0, 0.1) is 0 Å². The van der Waals surface area contributed by atoms with E-state index in [0.717, 1.165) is 0 Å². The molecule has 6 nitrogen and oxygen atoms in total. The van der Waals surface area contributed by atoms with Crippen molar-refractivity contribution in [2.75, 3.05) is 13.1 Å². The molecule has 1 N–H and O–H groups in total. The number of amides is 2. The molecule has 0 atom stereocenters. The summed E-state index contributed by atoms with van der Waals surface area (Å²) in [6.07, 6.45) is 0.504. The molecule has 2 amide bonds. The van der Waals surface area contributed by atoms with E-state index in [-0.39, 0.29) is 12.1 Å². The van der Waals surface area contributed by atoms with Crippen molar-refractivity contribution in [2.24, 2.45) is 0 Å². The Bertz CT molecular complexity index is 380. The van der Waals surface area contributed by atoms with Gasteiger partial charge in [-0.05, 0) is 41.5 Å². The van der Waals surface area contributed by atoms with Crippen LogP contribution in [0.5, 0.6) is 0 Å². The van der Waals surface area contributed by atoms with Gasteiger partial charge in [0.25, 0.3) is 0 Å². The van der Waals surface area contributed by atoms with Crippen molar-refractivity contribution < 1.29 is 19.1 Å². The first-order valence-electron chi connectivity index (χ1n) is 7.48. The first-order valence-corrected chi connectivity index (χ1v) is 7.48. The second-order valence-electron chi connectivity index (χ2n) is 7.11. The lowest BCUT2D eigenvalue weighted by molar-refractivity contribution is -0.0317. The zero-order chi connectivity index (χ0) is 16.3. The average molecular weight is 300 g/mol. The first kappa shape index (κ1) is 17.6. The lowest BCUT2D eigenvalue weighted by Gasteiger charge is -2.39. The minimum absolute atomic E-state index is 0.0444. The second kappa shape index (κ2) is 6.54.